The maximum absolute atomic E-state index is 12.5. The van der Waals surface area contributed by atoms with Crippen LogP contribution in [0.25, 0.3) is 11.6 Å². The second-order valence-electron chi connectivity index (χ2n) is 7.65. The van der Waals surface area contributed by atoms with E-state index in [1.807, 2.05) is 14.0 Å². The van der Waals surface area contributed by atoms with Crippen molar-refractivity contribution in [2.24, 2.45) is 24.8 Å². The van der Waals surface area contributed by atoms with Crippen LogP contribution in [0.3, 0.4) is 0 Å². The molecule has 7 nitrogen and oxygen atoms in total. The Morgan fingerprint density at radius 1 is 1.40 bits per heavy atom. The Bertz CT molecular complexity index is 868. The molecule has 1 saturated carbocycles. The molecule has 0 spiro atoms. The Morgan fingerprint density at radius 2 is 2.16 bits per heavy atom. The summed E-state index contributed by atoms with van der Waals surface area (Å²) in [6.07, 6.45) is 3.05. The molecule has 132 valence electrons. The largest absolute Gasteiger partial charge is 0.332 e. The van der Waals surface area contributed by atoms with E-state index < -0.39 is 5.92 Å². The minimum absolute atomic E-state index is 0.0737. The third-order valence-electron chi connectivity index (χ3n) is 6.17. The monoisotopic (exact) mass is 342 g/mol. The number of Topliss-reactive ketones (excluding diaryl/α,β-unsaturated/α-hetero) is 1. The van der Waals surface area contributed by atoms with E-state index in [2.05, 4.69) is 17.1 Å². The van der Waals surface area contributed by atoms with E-state index >= 15 is 0 Å². The van der Waals surface area contributed by atoms with Gasteiger partial charge in [0.1, 0.15) is 17.8 Å². The Morgan fingerprint density at radius 3 is 2.80 bits per heavy atom. The van der Waals surface area contributed by atoms with Crippen LogP contribution in [-0.4, -0.2) is 32.0 Å². The maximum Gasteiger partial charge on any atom is 0.276 e. The van der Waals surface area contributed by atoms with Gasteiger partial charge in [-0.1, -0.05) is 19.0 Å². The first-order chi connectivity index (χ1) is 11.9. The van der Waals surface area contributed by atoms with Crippen molar-refractivity contribution >= 4 is 12.1 Å². The number of hydrogen-bond donors (Lipinski definition) is 0. The molecule has 25 heavy (non-hydrogen) atoms. The SMILES string of the molecule is Cc1noc(-c2c3c(nn2C)[C@@]2(C)CC(C=O)C(=O)[C@@H](C)[C@@H]2CC3)n1. The van der Waals surface area contributed by atoms with Gasteiger partial charge in [0.05, 0.1) is 11.6 Å². The third kappa shape index (κ3) is 2.14. The Hall–Kier alpha value is -2.31. The predicted octanol–water partition coefficient (Wildman–Crippen LogP) is 2.02. The van der Waals surface area contributed by atoms with Crippen LogP contribution in [0.15, 0.2) is 4.52 Å². The second kappa shape index (κ2) is 5.34. The van der Waals surface area contributed by atoms with Crippen molar-refractivity contribution in [3.05, 3.63) is 17.1 Å². The van der Waals surface area contributed by atoms with Crippen molar-refractivity contribution < 1.29 is 14.1 Å². The molecule has 0 amide bonds. The maximum atomic E-state index is 12.5. The fourth-order valence-corrected chi connectivity index (χ4v) is 4.98. The normalized spacial score (nSPS) is 31.5. The number of rotatable bonds is 2. The van der Waals surface area contributed by atoms with Crippen molar-refractivity contribution in [3.63, 3.8) is 0 Å². The number of ketones is 1. The van der Waals surface area contributed by atoms with E-state index in [4.69, 9.17) is 9.62 Å². The van der Waals surface area contributed by atoms with Gasteiger partial charge in [0.25, 0.3) is 5.89 Å². The van der Waals surface area contributed by atoms with Crippen LogP contribution >= 0.6 is 0 Å². The molecule has 0 N–H and O–H groups in total. The first-order valence-corrected chi connectivity index (χ1v) is 8.73. The highest BCUT2D eigenvalue weighted by atomic mass is 16.5. The standard InChI is InChI=1S/C18H22N4O3/c1-9-13-6-5-12-14(17-19-10(2)21-25-17)22(4)20-16(12)18(13,3)7-11(8-23)15(9)24/h8-9,11,13H,5-7H2,1-4H3/t9-,11?,13-,18-/m0/s1. The molecule has 2 aliphatic carbocycles. The van der Waals surface area contributed by atoms with E-state index in [-0.39, 0.29) is 23.0 Å². The summed E-state index contributed by atoms with van der Waals surface area (Å²) in [5, 5.41) is 8.67. The predicted molar refractivity (Wildman–Crippen MR) is 88.7 cm³/mol. The topological polar surface area (TPSA) is 90.9 Å². The van der Waals surface area contributed by atoms with Crippen LogP contribution in [0.4, 0.5) is 0 Å². The minimum atomic E-state index is -0.543. The van der Waals surface area contributed by atoms with Crippen LogP contribution in [-0.2, 0) is 28.5 Å². The molecule has 4 rings (SSSR count). The number of nitrogens with zero attached hydrogens (tertiary/aromatic N) is 4. The highest BCUT2D eigenvalue weighted by Gasteiger charge is 2.53. The highest BCUT2D eigenvalue weighted by Crippen LogP contribution is 2.53. The quantitative estimate of drug-likeness (QED) is 0.612. The van der Waals surface area contributed by atoms with Crippen molar-refractivity contribution in [2.45, 2.75) is 45.4 Å². The number of fused-ring (bicyclic) bond motifs is 3. The van der Waals surface area contributed by atoms with Gasteiger partial charge in [-0.15, -0.1) is 0 Å². The summed E-state index contributed by atoms with van der Waals surface area (Å²) in [5.41, 5.74) is 2.64. The summed E-state index contributed by atoms with van der Waals surface area (Å²) in [6.45, 7) is 5.89. The van der Waals surface area contributed by atoms with Crippen LogP contribution in [0.5, 0.6) is 0 Å². The van der Waals surface area contributed by atoms with Gasteiger partial charge in [0, 0.05) is 23.9 Å². The van der Waals surface area contributed by atoms with Crippen LogP contribution in [0, 0.1) is 24.7 Å². The van der Waals surface area contributed by atoms with Gasteiger partial charge in [-0.25, -0.2) is 0 Å². The molecule has 2 aromatic heterocycles. The smallest absolute Gasteiger partial charge is 0.276 e. The van der Waals surface area contributed by atoms with Crippen LogP contribution in [0.2, 0.25) is 0 Å². The lowest BCUT2D eigenvalue weighted by atomic mass is 9.54. The zero-order valence-electron chi connectivity index (χ0n) is 14.9. The number of aromatic nitrogens is 4. The van der Waals surface area contributed by atoms with Gasteiger partial charge in [0.2, 0.25) is 0 Å². The molecular weight excluding hydrogens is 320 g/mol. The van der Waals surface area contributed by atoms with Gasteiger partial charge >= 0.3 is 0 Å². The van der Waals surface area contributed by atoms with Crippen molar-refractivity contribution in [2.75, 3.05) is 0 Å². The van der Waals surface area contributed by atoms with E-state index in [0.29, 0.717) is 18.1 Å². The molecule has 1 unspecified atom stereocenters. The zero-order chi connectivity index (χ0) is 17.9. The summed E-state index contributed by atoms with van der Waals surface area (Å²) >= 11 is 0. The first kappa shape index (κ1) is 16.2. The van der Waals surface area contributed by atoms with E-state index in [0.717, 1.165) is 36.1 Å². The Balaban J connectivity index is 1.86. The number of aryl methyl sites for hydroxylation is 2. The molecule has 2 aliphatic rings. The molecule has 0 aliphatic heterocycles. The molecule has 0 radical (unpaired) electrons. The Labute approximate surface area is 145 Å². The Kier molecular flexibility index (Phi) is 3.46. The van der Waals surface area contributed by atoms with Crippen molar-refractivity contribution in [1.82, 2.24) is 19.9 Å². The lowest BCUT2D eigenvalue weighted by Gasteiger charge is -2.48. The molecule has 0 bridgehead atoms. The molecule has 0 saturated heterocycles. The first-order valence-electron chi connectivity index (χ1n) is 8.73. The fourth-order valence-electron chi connectivity index (χ4n) is 4.98. The lowest BCUT2D eigenvalue weighted by Crippen LogP contribution is -2.51. The van der Waals surface area contributed by atoms with E-state index in [1.165, 1.54) is 0 Å². The van der Waals surface area contributed by atoms with E-state index in [1.54, 1.807) is 11.6 Å². The molecule has 4 atom stereocenters. The third-order valence-corrected chi connectivity index (χ3v) is 6.17. The summed E-state index contributed by atoms with van der Waals surface area (Å²) in [5.74, 6) is 0.669. The lowest BCUT2D eigenvalue weighted by molar-refractivity contribution is -0.137. The molecule has 1 fully saturated rings. The van der Waals surface area contributed by atoms with Gasteiger partial charge < -0.3 is 9.32 Å². The van der Waals surface area contributed by atoms with Gasteiger partial charge in [0.15, 0.2) is 5.82 Å². The second-order valence-corrected chi connectivity index (χ2v) is 7.65. The van der Waals surface area contributed by atoms with Crippen molar-refractivity contribution in [1.29, 1.82) is 0 Å². The number of carbonyl (C=O) groups excluding carboxylic acids is 2. The summed E-state index contributed by atoms with van der Waals surface area (Å²) in [6, 6.07) is 0. The number of hydrogen-bond acceptors (Lipinski definition) is 6. The number of aldehydes is 1. The van der Waals surface area contributed by atoms with Crippen molar-refractivity contribution in [3.8, 4) is 11.6 Å². The molecule has 2 heterocycles. The summed E-state index contributed by atoms with van der Waals surface area (Å²) < 4.78 is 7.17. The van der Waals surface area contributed by atoms with Crippen LogP contribution < -0.4 is 0 Å². The summed E-state index contributed by atoms with van der Waals surface area (Å²) in [7, 11) is 1.88. The average molecular weight is 342 g/mol. The van der Waals surface area contributed by atoms with E-state index in [9.17, 15) is 9.59 Å². The minimum Gasteiger partial charge on any atom is -0.332 e. The zero-order valence-corrected chi connectivity index (χ0v) is 14.9. The summed E-state index contributed by atoms with van der Waals surface area (Å²) in [4.78, 5) is 28.3. The number of carbonyl (C=O) groups is 2. The van der Waals surface area contributed by atoms with Gasteiger partial charge in [-0.05, 0) is 32.1 Å². The fraction of sp³-hybridized carbons (Fsp3) is 0.611. The average Bonchev–Trinajstić information content (AvgIpc) is 3.14. The van der Waals surface area contributed by atoms with Gasteiger partial charge in [-0.3, -0.25) is 9.48 Å². The van der Waals surface area contributed by atoms with Crippen LogP contribution in [0.1, 0.15) is 43.8 Å². The molecule has 2 aromatic rings. The molecule has 7 heteroatoms. The molecule has 0 aromatic carbocycles. The van der Waals surface area contributed by atoms with Gasteiger partial charge in [-0.2, -0.15) is 10.1 Å². The molecular formula is C18H22N4O3. The highest BCUT2D eigenvalue weighted by molar-refractivity contribution is 5.96.